The van der Waals surface area contributed by atoms with E-state index in [4.69, 9.17) is 8.83 Å². The molecule has 2 aromatic heterocycles. The topological polar surface area (TPSA) is 118 Å². The van der Waals surface area contributed by atoms with Crippen LogP contribution in [0.25, 0.3) is 45.8 Å². The van der Waals surface area contributed by atoms with E-state index in [1.54, 1.807) is 48.5 Å². The van der Waals surface area contributed by atoms with Gasteiger partial charge in [-0.25, -0.2) is 0 Å². The maximum absolute atomic E-state index is 9.72. The predicted octanol–water partition coefficient (Wildman–Crippen LogP) is 6.85. The summed E-state index contributed by atoms with van der Waals surface area (Å²) in [5, 5.41) is 35.3. The third kappa shape index (κ3) is 6.38. The van der Waals surface area contributed by atoms with Crippen LogP contribution in [0.2, 0.25) is 0 Å². The van der Waals surface area contributed by atoms with E-state index in [2.05, 4.69) is 20.4 Å². The van der Waals surface area contributed by atoms with E-state index in [0.29, 0.717) is 34.7 Å². The quantitative estimate of drug-likeness (QED) is 0.226. The number of hydrogen-bond acceptors (Lipinski definition) is 8. The molecule has 186 valence electrons. The normalized spacial score (nSPS) is 9.89. The molecule has 8 nitrogen and oxygen atoms in total. The largest absolute Gasteiger partial charge is 0.507 e. The first-order chi connectivity index (χ1) is 17.7. The van der Waals surface area contributed by atoms with Gasteiger partial charge in [-0.2, -0.15) is 0 Å². The summed E-state index contributed by atoms with van der Waals surface area (Å²) in [6.07, 6.45) is 0. The molecule has 0 spiro atoms. The standard InChI is InChI=1S/2C14H10N2O2.CH4.Zn/c2*17-12-9-5-4-8-11(12)14-16-15-13(18-14)10-6-2-1-3-7-10;;/h2*1-9,17H;1H4;. The Labute approximate surface area is 232 Å². The van der Waals surface area contributed by atoms with Crippen molar-refractivity contribution < 1.29 is 38.5 Å². The summed E-state index contributed by atoms with van der Waals surface area (Å²) in [6.45, 7) is 0. The Morgan fingerprint density at radius 3 is 1.11 bits per heavy atom. The van der Waals surface area contributed by atoms with E-state index in [-0.39, 0.29) is 38.4 Å². The van der Waals surface area contributed by atoms with Gasteiger partial charge in [0.1, 0.15) is 11.5 Å². The predicted molar refractivity (Wildman–Crippen MR) is 140 cm³/mol. The fraction of sp³-hybridized carbons (Fsp3) is 0.0345. The van der Waals surface area contributed by atoms with Gasteiger partial charge in [0.25, 0.3) is 11.8 Å². The Kier molecular flexibility index (Phi) is 9.62. The number of aromatic hydroxyl groups is 2. The molecule has 0 atom stereocenters. The molecule has 38 heavy (non-hydrogen) atoms. The van der Waals surface area contributed by atoms with Gasteiger partial charge in [-0.05, 0) is 48.5 Å². The molecule has 0 aliphatic carbocycles. The SMILES string of the molecule is C.Oc1ccccc1-c1nnc(-c2ccccc2)o1.Oc1ccccc1-c1nnc(-c2ccccc2)o1.[Zn]. The Hall–Kier alpha value is -4.62. The van der Waals surface area contributed by atoms with Gasteiger partial charge in [0.15, 0.2) is 0 Å². The van der Waals surface area contributed by atoms with Crippen LogP contribution in [0.5, 0.6) is 11.5 Å². The smallest absolute Gasteiger partial charge is 0.251 e. The number of nitrogens with zero attached hydrogens (tertiary/aromatic N) is 4. The zero-order chi connectivity index (χ0) is 24.7. The zero-order valence-electron chi connectivity index (χ0n) is 19.6. The van der Waals surface area contributed by atoms with Gasteiger partial charge in [0.05, 0.1) is 11.1 Å². The number of hydrogen-bond donors (Lipinski definition) is 2. The minimum absolute atomic E-state index is 0. The summed E-state index contributed by atoms with van der Waals surface area (Å²) < 4.78 is 11.1. The minimum atomic E-state index is 0. The van der Waals surface area contributed by atoms with Crippen molar-refractivity contribution in [2.24, 2.45) is 0 Å². The monoisotopic (exact) mass is 556 g/mol. The summed E-state index contributed by atoms with van der Waals surface area (Å²) >= 11 is 0. The molecule has 2 N–H and O–H groups in total. The molecule has 0 unspecified atom stereocenters. The summed E-state index contributed by atoms with van der Waals surface area (Å²) in [4.78, 5) is 0. The van der Waals surface area contributed by atoms with Crippen molar-refractivity contribution in [1.82, 2.24) is 20.4 Å². The molecule has 0 saturated heterocycles. The molecule has 0 aliphatic heterocycles. The molecule has 6 rings (SSSR count). The van der Waals surface area contributed by atoms with E-state index < -0.39 is 0 Å². The second kappa shape index (κ2) is 13.1. The number of phenols is 2. The van der Waals surface area contributed by atoms with Gasteiger partial charge in [0.2, 0.25) is 11.8 Å². The minimum Gasteiger partial charge on any atom is -0.507 e. The third-order valence-electron chi connectivity index (χ3n) is 5.16. The Morgan fingerprint density at radius 1 is 0.421 bits per heavy atom. The maximum atomic E-state index is 9.72. The van der Waals surface area contributed by atoms with Crippen molar-refractivity contribution in [2.45, 2.75) is 7.43 Å². The van der Waals surface area contributed by atoms with Gasteiger partial charge in [-0.1, -0.05) is 68.1 Å². The average Bonchev–Trinajstić information content (AvgIpc) is 3.62. The summed E-state index contributed by atoms with van der Waals surface area (Å²) in [5.41, 5.74) is 2.78. The van der Waals surface area contributed by atoms with Gasteiger partial charge in [0, 0.05) is 30.6 Å². The Balaban J connectivity index is 0.000000200. The van der Waals surface area contributed by atoms with Crippen LogP contribution in [0.4, 0.5) is 0 Å². The van der Waals surface area contributed by atoms with E-state index in [1.807, 2.05) is 60.7 Å². The van der Waals surface area contributed by atoms with Crippen LogP contribution in [0, 0.1) is 0 Å². The second-order valence-corrected chi connectivity index (χ2v) is 7.59. The fourth-order valence-corrected chi connectivity index (χ4v) is 3.37. The third-order valence-corrected chi connectivity index (χ3v) is 5.16. The summed E-state index contributed by atoms with van der Waals surface area (Å²) in [5.74, 6) is 1.75. The van der Waals surface area contributed by atoms with Crippen LogP contribution in [0.15, 0.2) is 118 Å². The molecule has 6 aromatic rings. The first kappa shape index (κ1) is 28.0. The van der Waals surface area contributed by atoms with Crippen molar-refractivity contribution in [1.29, 1.82) is 0 Å². The molecule has 0 fully saturated rings. The van der Waals surface area contributed by atoms with Crippen LogP contribution >= 0.6 is 0 Å². The van der Waals surface area contributed by atoms with Crippen LogP contribution in [-0.4, -0.2) is 30.6 Å². The molecule has 9 heteroatoms. The first-order valence-electron chi connectivity index (χ1n) is 11.0. The Morgan fingerprint density at radius 2 is 0.737 bits per heavy atom. The van der Waals surface area contributed by atoms with Crippen LogP contribution in [0.1, 0.15) is 7.43 Å². The van der Waals surface area contributed by atoms with E-state index in [0.717, 1.165) is 11.1 Å². The summed E-state index contributed by atoms with van der Waals surface area (Å²) in [7, 11) is 0. The number of para-hydroxylation sites is 2. The van der Waals surface area contributed by atoms with Gasteiger partial charge < -0.3 is 19.0 Å². The molecule has 0 saturated carbocycles. The molecule has 4 aromatic carbocycles. The van der Waals surface area contributed by atoms with Crippen LogP contribution in [-0.2, 0) is 19.5 Å². The van der Waals surface area contributed by atoms with E-state index in [1.165, 1.54) is 0 Å². The molecule has 0 radical (unpaired) electrons. The number of phenolic OH excluding ortho intramolecular Hbond substituents is 2. The molecular formula is C29H24N4O4Zn. The van der Waals surface area contributed by atoms with Gasteiger partial charge >= 0.3 is 0 Å². The fourth-order valence-electron chi connectivity index (χ4n) is 3.37. The van der Waals surface area contributed by atoms with Crippen LogP contribution < -0.4 is 0 Å². The summed E-state index contributed by atoms with van der Waals surface area (Å²) in [6, 6.07) is 32.8. The van der Waals surface area contributed by atoms with E-state index >= 15 is 0 Å². The van der Waals surface area contributed by atoms with Gasteiger partial charge in [-0.15, -0.1) is 20.4 Å². The van der Waals surface area contributed by atoms with Crippen molar-refractivity contribution in [3.8, 4) is 57.3 Å². The maximum Gasteiger partial charge on any atom is 0.251 e. The number of rotatable bonds is 4. The average molecular weight is 558 g/mol. The molecular weight excluding hydrogens is 534 g/mol. The van der Waals surface area contributed by atoms with Crippen LogP contribution in [0.3, 0.4) is 0 Å². The number of benzene rings is 4. The van der Waals surface area contributed by atoms with Crippen molar-refractivity contribution in [3.63, 3.8) is 0 Å². The first-order valence-corrected chi connectivity index (χ1v) is 11.0. The molecule has 0 bridgehead atoms. The van der Waals surface area contributed by atoms with Crippen molar-refractivity contribution in [2.75, 3.05) is 0 Å². The second-order valence-electron chi connectivity index (χ2n) is 7.59. The Bertz CT molecular complexity index is 1450. The van der Waals surface area contributed by atoms with E-state index in [9.17, 15) is 10.2 Å². The van der Waals surface area contributed by atoms with Crippen molar-refractivity contribution in [3.05, 3.63) is 109 Å². The zero-order valence-corrected chi connectivity index (χ0v) is 22.6. The van der Waals surface area contributed by atoms with Gasteiger partial charge in [-0.3, -0.25) is 0 Å². The molecule has 0 aliphatic rings. The molecule has 0 amide bonds. The molecule has 2 heterocycles. The van der Waals surface area contributed by atoms with Crippen molar-refractivity contribution >= 4 is 0 Å². The number of aromatic nitrogens is 4.